The van der Waals surface area contributed by atoms with E-state index in [0.29, 0.717) is 23.5 Å². The summed E-state index contributed by atoms with van der Waals surface area (Å²) in [5, 5.41) is 3.95. The van der Waals surface area contributed by atoms with Gasteiger partial charge in [-0.25, -0.2) is 10.2 Å². The third-order valence-electron chi connectivity index (χ3n) is 3.98. The van der Waals surface area contributed by atoms with Gasteiger partial charge in [0, 0.05) is 18.0 Å². The second-order valence-electron chi connectivity index (χ2n) is 5.98. The zero-order valence-electron chi connectivity index (χ0n) is 15.7. The number of ether oxygens (including phenoxy) is 2. The minimum atomic E-state index is -0.369. The smallest absolute Gasteiger partial charge is 0.337 e. The minimum absolute atomic E-state index is 0.304. The first-order chi connectivity index (χ1) is 14.2. The Bertz CT molecular complexity index is 985. The number of methoxy groups -OCH3 is 1. The zero-order valence-corrected chi connectivity index (χ0v) is 15.7. The number of nitrogens with one attached hydrogen (secondary N) is 1. The van der Waals surface area contributed by atoms with Crippen molar-refractivity contribution < 1.29 is 19.1 Å². The number of hydrogen-bond acceptors (Lipinski definition) is 6. The number of carbonyl (C=O) groups is 2. The summed E-state index contributed by atoms with van der Waals surface area (Å²) in [4.78, 5) is 27.2. The predicted molar refractivity (Wildman–Crippen MR) is 108 cm³/mol. The highest BCUT2D eigenvalue weighted by Crippen LogP contribution is 2.14. The molecule has 3 aromatic rings. The van der Waals surface area contributed by atoms with Crippen molar-refractivity contribution in [1.82, 2.24) is 10.4 Å². The highest BCUT2D eigenvalue weighted by molar-refractivity contribution is 5.94. The number of aromatic nitrogens is 1. The second kappa shape index (κ2) is 9.80. The number of esters is 1. The summed E-state index contributed by atoms with van der Waals surface area (Å²) >= 11 is 0. The first-order valence-electron chi connectivity index (χ1n) is 8.79. The molecule has 3 rings (SSSR count). The van der Waals surface area contributed by atoms with Gasteiger partial charge in [-0.1, -0.05) is 12.1 Å². The van der Waals surface area contributed by atoms with Crippen molar-refractivity contribution in [1.29, 1.82) is 0 Å². The van der Waals surface area contributed by atoms with E-state index in [4.69, 9.17) is 4.74 Å². The van der Waals surface area contributed by atoms with Crippen LogP contribution in [0.5, 0.6) is 5.75 Å². The summed E-state index contributed by atoms with van der Waals surface area (Å²) in [5.74, 6) is 0.0218. The van der Waals surface area contributed by atoms with Crippen molar-refractivity contribution in [3.05, 3.63) is 95.3 Å². The number of carbonyl (C=O) groups excluding carboxylic acids is 2. The zero-order chi connectivity index (χ0) is 20.5. The summed E-state index contributed by atoms with van der Waals surface area (Å²) < 4.78 is 10.4. The van der Waals surface area contributed by atoms with Gasteiger partial charge in [0.25, 0.3) is 5.91 Å². The van der Waals surface area contributed by atoms with Crippen molar-refractivity contribution in [2.45, 2.75) is 6.61 Å². The number of benzene rings is 2. The minimum Gasteiger partial charge on any atom is -0.489 e. The maximum absolute atomic E-state index is 11.9. The summed E-state index contributed by atoms with van der Waals surface area (Å²) in [6.07, 6.45) is 4.64. The van der Waals surface area contributed by atoms with E-state index in [-0.39, 0.29) is 11.9 Å². The van der Waals surface area contributed by atoms with Crippen LogP contribution in [0.1, 0.15) is 31.8 Å². The fourth-order valence-electron chi connectivity index (χ4n) is 2.40. The molecular formula is C22H19N3O4. The van der Waals surface area contributed by atoms with Crippen LogP contribution in [-0.2, 0) is 11.3 Å². The summed E-state index contributed by atoms with van der Waals surface area (Å²) in [7, 11) is 1.35. The lowest BCUT2D eigenvalue weighted by Crippen LogP contribution is -2.17. The van der Waals surface area contributed by atoms with Gasteiger partial charge in [-0.3, -0.25) is 9.78 Å². The third-order valence-corrected chi connectivity index (χ3v) is 3.98. The van der Waals surface area contributed by atoms with Crippen molar-refractivity contribution in [3.8, 4) is 5.75 Å². The molecule has 1 amide bonds. The van der Waals surface area contributed by atoms with Gasteiger partial charge in [0.05, 0.1) is 18.9 Å². The molecule has 1 N–H and O–H groups in total. The molecule has 0 atom stereocenters. The van der Waals surface area contributed by atoms with E-state index in [9.17, 15) is 9.59 Å². The van der Waals surface area contributed by atoms with E-state index in [2.05, 4.69) is 20.2 Å². The van der Waals surface area contributed by atoms with E-state index in [0.717, 1.165) is 11.1 Å². The fraction of sp³-hybridized carbons (Fsp3) is 0.0909. The Morgan fingerprint density at radius 2 is 1.66 bits per heavy atom. The van der Waals surface area contributed by atoms with E-state index < -0.39 is 0 Å². The molecule has 29 heavy (non-hydrogen) atoms. The molecule has 146 valence electrons. The molecular weight excluding hydrogens is 370 g/mol. The fourth-order valence-corrected chi connectivity index (χ4v) is 2.40. The molecule has 1 heterocycles. The first-order valence-corrected chi connectivity index (χ1v) is 8.79. The molecule has 0 aliphatic heterocycles. The van der Waals surface area contributed by atoms with E-state index in [1.807, 2.05) is 36.4 Å². The molecule has 2 aromatic carbocycles. The number of nitrogens with zero attached hydrogens (tertiary/aromatic N) is 2. The van der Waals surface area contributed by atoms with Gasteiger partial charge in [0.1, 0.15) is 12.4 Å². The number of hydrogen-bond donors (Lipinski definition) is 1. The van der Waals surface area contributed by atoms with Crippen molar-refractivity contribution in [2.24, 2.45) is 5.10 Å². The molecule has 0 aliphatic carbocycles. The Hall–Kier alpha value is -4.00. The van der Waals surface area contributed by atoms with Crippen LogP contribution in [-0.4, -0.2) is 30.2 Å². The second-order valence-corrected chi connectivity index (χ2v) is 5.98. The maximum atomic E-state index is 11.9. The van der Waals surface area contributed by atoms with Crippen LogP contribution in [0.3, 0.4) is 0 Å². The summed E-state index contributed by atoms with van der Waals surface area (Å²) in [5.41, 5.74) is 5.19. The topological polar surface area (TPSA) is 89.9 Å². The van der Waals surface area contributed by atoms with Gasteiger partial charge in [-0.05, 0) is 59.7 Å². The van der Waals surface area contributed by atoms with Gasteiger partial charge in [-0.15, -0.1) is 0 Å². The molecule has 7 nitrogen and oxygen atoms in total. The van der Waals surface area contributed by atoms with Crippen LogP contribution in [0.25, 0.3) is 0 Å². The third kappa shape index (κ3) is 5.74. The summed E-state index contributed by atoms with van der Waals surface area (Å²) in [6.45, 7) is 0.372. The number of pyridine rings is 1. The van der Waals surface area contributed by atoms with E-state index in [1.165, 1.54) is 7.11 Å². The van der Waals surface area contributed by atoms with Crippen molar-refractivity contribution in [2.75, 3.05) is 7.11 Å². The van der Waals surface area contributed by atoms with Crippen LogP contribution in [0, 0.1) is 0 Å². The van der Waals surface area contributed by atoms with Crippen LogP contribution in [0.2, 0.25) is 0 Å². The van der Waals surface area contributed by atoms with Gasteiger partial charge >= 0.3 is 5.97 Å². The number of amides is 1. The lowest BCUT2D eigenvalue weighted by molar-refractivity contribution is 0.0600. The molecule has 0 saturated heterocycles. The Morgan fingerprint density at radius 3 is 2.31 bits per heavy atom. The molecule has 0 radical (unpaired) electrons. The van der Waals surface area contributed by atoms with Gasteiger partial charge in [-0.2, -0.15) is 5.10 Å². The largest absolute Gasteiger partial charge is 0.489 e. The molecule has 0 saturated carbocycles. The predicted octanol–water partition coefficient (Wildman–Crippen LogP) is 3.21. The molecule has 1 aromatic heterocycles. The summed E-state index contributed by atoms with van der Waals surface area (Å²) in [6, 6.07) is 17.5. The Kier molecular flexibility index (Phi) is 6.67. The highest BCUT2D eigenvalue weighted by atomic mass is 16.5. The average Bonchev–Trinajstić information content (AvgIpc) is 2.79. The van der Waals surface area contributed by atoms with Crippen LogP contribution >= 0.6 is 0 Å². The number of hydrazone groups is 1. The van der Waals surface area contributed by atoms with Gasteiger partial charge in [0.2, 0.25) is 0 Å². The van der Waals surface area contributed by atoms with Crippen molar-refractivity contribution in [3.63, 3.8) is 0 Å². The lowest BCUT2D eigenvalue weighted by Gasteiger charge is -2.07. The normalized spacial score (nSPS) is 10.5. The Morgan fingerprint density at radius 1 is 0.966 bits per heavy atom. The quantitative estimate of drug-likeness (QED) is 0.381. The SMILES string of the molecule is COC(=O)c1ccc(COc2ccc(/C=N\NC(=O)c3ccncc3)cc2)cc1. The van der Waals surface area contributed by atoms with Gasteiger partial charge in [0.15, 0.2) is 0 Å². The molecule has 0 fully saturated rings. The van der Waals surface area contributed by atoms with Crippen molar-refractivity contribution >= 4 is 18.1 Å². The maximum Gasteiger partial charge on any atom is 0.337 e. The van der Waals surface area contributed by atoms with Gasteiger partial charge < -0.3 is 9.47 Å². The van der Waals surface area contributed by atoms with Crippen LogP contribution in [0.4, 0.5) is 0 Å². The Labute approximate surface area is 168 Å². The molecule has 7 heteroatoms. The van der Waals surface area contributed by atoms with E-state index >= 15 is 0 Å². The lowest BCUT2D eigenvalue weighted by atomic mass is 10.1. The van der Waals surface area contributed by atoms with E-state index in [1.54, 1.807) is 42.9 Å². The van der Waals surface area contributed by atoms with Crippen LogP contribution < -0.4 is 10.2 Å². The first kappa shape index (κ1) is 19.8. The standard InChI is InChI=1S/C22H19N3O4/c1-28-22(27)19-6-2-17(3-7-19)15-29-20-8-4-16(5-9-20)14-24-25-21(26)18-10-12-23-13-11-18/h2-14H,15H2,1H3,(H,25,26)/b24-14-. The molecule has 0 aliphatic rings. The Balaban J connectivity index is 1.49. The van der Waals surface area contributed by atoms with Crippen LogP contribution in [0.15, 0.2) is 78.2 Å². The average molecular weight is 389 g/mol. The number of rotatable bonds is 7. The molecule has 0 unspecified atom stereocenters. The molecule has 0 bridgehead atoms. The molecule has 0 spiro atoms. The highest BCUT2D eigenvalue weighted by Gasteiger charge is 2.05. The monoisotopic (exact) mass is 389 g/mol.